The zero-order chi connectivity index (χ0) is 17.3. The van der Waals surface area contributed by atoms with Crippen LogP contribution < -0.4 is 5.32 Å². The van der Waals surface area contributed by atoms with E-state index >= 15 is 0 Å². The van der Waals surface area contributed by atoms with Gasteiger partial charge < -0.3 is 15.0 Å². The van der Waals surface area contributed by atoms with Crippen molar-refractivity contribution in [3.05, 3.63) is 5.01 Å². The molecular weight excluding hydrogens is 328 g/mol. The van der Waals surface area contributed by atoms with Crippen LogP contribution in [0, 0.1) is 5.92 Å². The lowest BCUT2D eigenvalue weighted by atomic mass is 10.0. The van der Waals surface area contributed by atoms with E-state index in [1.54, 1.807) is 4.90 Å². The molecule has 1 aromatic heterocycles. The first-order chi connectivity index (χ1) is 11.3. The second-order valence-electron chi connectivity index (χ2n) is 7.40. The average Bonchev–Trinajstić information content (AvgIpc) is 3.14. The number of carbonyl (C=O) groups excluding carboxylic acids is 2. The molecule has 1 unspecified atom stereocenters. The van der Waals surface area contributed by atoms with Crippen LogP contribution in [0.25, 0.3) is 0 Å². The fourth-order valence-corrected chi connectivity index (χ4v) is 4.05. The summed E-state index contributed by atoms with van der Waals surface area (Å²) >= 11 is 1.43. The van der Waals surface area contributed by atoms with Crippen molar-refractivity contribution in [3.8, 4) is 0 Å². The molecule has 2 saturated heterocycles. The summed E-state index contributed by atoms with van der Waals surface area (Å²) in [5, 5.41) is 12.6. The minimum absolute atomic E-state index is 0.0304. The SMILES string of the molecule is CC(C)(C)N1CC(C(=O)Nc2nnc(C3CCOCC3)s2)CC1=O. The van der Waals surface area contributed by atoms with Crippen LogP contribution in [0.15, 0.2) is 0 Å². The first kappa shape index (κ1) is 17.3. The van der Waals surface area contributed by atoms with Gasteiger partial charge in [-0.1, -0.05) is 11.3 Å². The summed E-state index contributed by atoms with van der Waals surface area (Å²) in [7, 11) is 0. The molecule has 2 amide bonds. The average molecular weight is 352 g/mol. The molecule has 0 radical (unpaired) electrons. The molecule has 0 bridgehead atoms. The zero-order valence-electron chi connectivity index (χ0n) is 14.4. The molecule has 2 aliphatic heterocycles. The molecule has 3 heterocycles. The van der Waals surface area contributed by atoms with Crippen LogP contribution in [-0.4, -0.2) is 52.2 Å². The highest BCUT2D eigenvalue weighted by atomic mass is 32.1. The number of ether oxygens (including phenoxy) is 1. The monoisotopic (exact) mass is 352 g/mol. The molecule has 0 spiro atoms. The summed E-state index contributed by atoms with van der Waals surface area (Å²) in [6, 6.07) is 0. The highest BCUT2D eigenvalue weighted by Gasteiger charge is 2.39. The van der Waals surface area contributed by atoms with Crippen LogP contribution in [0.2, 0.25) is 0 Å². The minimum Gasteiger partial charge on any atom is -0.381 e. The predicted molar refractivity (Wildman–Crippen MR) is 90.9 cm³/mol. The van der Waals surface area contributed by atoms with E-state index in [2.05, 4.69) is 15.5 Å². The van der Waals surface area contributed by atoms with E-state index in [1.165, 1.54) is 11.3 Å². The minimum atomic E-state index is -0.327. The molecule has 1 atom stereocenters. The van der Waals surface area contributed by atoms with Gasteiger partial charge in [-0.2, -0.15) is 0 Å². The van der Waals surface area contributed by atoms with E-state index in [0.29, 0.717) is 17.6 Å². The summed E-state index contributed by atoms with van der Waals surface area (Å²) in [6.07, 6.45) is 2.15. The maximum Gasteiger partial charge on any atom is 0.231 e. The summed E-state index contributed by atoms with van der Waals surface area (Å²) in [5.74, 6) is -0.0777. The number of rotatable bonds is 3. The van der Waals surface area contributed by atoms with Crippen molar-refractivity contribution in [2.45, 2.75) is 51.5 Å². The quantitative estimate of drug-likeness (QED) is 0.900. The van der Waals surface area contributed by atoms with Crippen molar-refractivity contribution < 1.29 is 14.3 Å². The van der Waals surface area contributed by atoms with E-state index in [0.717, 1.165) is 31.1 Å². The Morgan fingerprint density at radius 1 is 1.29 bits per heavy atom. The Labute approximate surface area is 145 Å². The fraction of sp³-hybridized carbons (Fsp3) is 0.750. The largest absolute Gasteiger partial charge is 0.381 e. The van der Waals surface area contributed by atoms with E-state index in [-0.39, 0.29) is 29.7 Å². The van der Waals surface area contributed by atoms with Gasteiger partial charge in [0, 0.05) is 37.6 Å². The molecule has 7 nitrogen and oxygen atoms in total. The summed E-state index contributed by atoms with van der Waals surface area (Å²) in [4.78, 5) is 26.3. The normalized spacial score (nSPS) is 22.9. The lowest BCUT2D eigenvalue weighted by Crippen LogP contribution is -2.42. The highest BCUT2D eigenvalue weighted by molar-refractivity contribution is 7.15. The van der Waals surface area contributed by atoms with Crippen molar-refractivity contribution >= 4 is 28.3 Å². The number of aromatic nitrogens is 2. The first-order valence-corrected chi connectivity index (χ1v) is 9.18. The Kier molecular flexibility index (Phi) is 4.87. The number of carbonyl (C=O) groups is 2. The fourth-order valence-electron chi connectivity index (χ4n) is 3.13. The van der Waals surface area contributed by atoms with Crippen LogP contribution in [0.3, 0.4) is 0 Å². The lowest BCUT2D eigenvalue weighted by Gasteiger charge is -2.31. The molecular formula is C16H24N4O3S. The molecule has 8 heteroatoms. The second-order valence-corrected chi connectivity index (χ2v) is 8.41. The van der Waals surface area contributed by atoms with Gasteiger partial charge in [-0.25, -0.2) is 0 Å². The lowest BCUT2D eigenvalue weighted by molar-refractivity contribution is -0.131. The topological polar surface area (TPSA) is 84.4 Å². The Balaban J connectivity index is 1.59. The van der Waals surface area contributed by atoms with Crippen molar-refractivity contribution in [3.63, 3.8) is 0 Å². The van der Waals surface area contributed by atoms with Gasteiger partial charge in [-0.15, -0.1) is 10.2 Å². The van der Waals surface area contributed by atoms with Crippen LogP contribution in [-0.2, 0) is 14.3 Å². The van der Waals surface area contributed by atoms with Gasteiger partial charge in [0.1, 0.15) is 5.01 Å². The number of hydrogen-bond donors (Lipinski definition) is 1. The molecule has 24 heavy (non-hydrogen) atoms. The van der Waals surface area contributed by atoms with Crippen LogP contribution in [0.1, 0.15) is 51.0 Å². The number of amides is 2. The summed E-state index contributed by atoms with van der Waals surface area (Å²) in [6.45, 7) is 7.90. The molecule has 3 rings (SSSR count). The Hall–Kier alpha value is -1.54. The number of hydrogen-bond acceptors (Lipinski definition) is 6. The van der Waals surface area contributed by atoms with Gasteiger partial charge in [0.05, 0.1) is 5.92 Å². The molecule has 2 aliphatic rings. The predicted octanol–water partition coefficient (Wildman–Crippen LogP) is 2.02. The standard InChI is InChI=1S/C16H24N4O3S/c1-16(2,3)20-9-11(8-12(20)21)13(22)17-15-19-18-14(24-15)10-4-6-23-7-5-10/h10-11H,4-9H2,1-3H3,(H,17,19,22). The van der Waals surface area contributed by atoms with Crippen molar-refractivity contribution in [1.82, 2.24) is 15.1 Å². The summed E-state index contributed by atoms with van der Waals surface area (Å²) < 4.78 is 5.36. The van der Waals surface area contributed by atoms with Gasteiger partial charge in [0.15, 0.2) is 0 Å². The Morgan fingerprint density at radius 3 is 2.62 bits per heavy atom. The van der Waals surface area contributed by atoms with Crippen LogP contribution in [0.4, 0.5) is 5.13 Å². The van der Waals surface area contributed by atoms with E-state index in [9.17, 15) is 9.59 Å². The maximum absolute atomic E-state index is 12.4. The summed E-state index contributed by atoms with van der Waals surface area (Å²) in [5.41, 5.74) is -0.259. The molecule has 1 N–H and O–H groups in total. The molecule has 0 aromatic carbocycles. The molecule has 2 fully saturated rings. The smallest absolute Gasteiger partial charge is 0.231 e. The number of nitrogens with zero attached hydrogens (tertiary/aromatic N) is 3. The van der Waals surface area contributed by atoms with Crippen LogP contribution in [0.5, 0.6) is 0 Å². The van der Waals surface area contributed by atoms with Gasteiger partial charge in [0.2, 0.25) is 16.9 Å². The second kappa shape index (κ2) is 6.76. The highest BCUT2D eigenvalue weighted by Crippen LogP contribution is 2.31. The molecule has 0 aliphatic carbocycles. The third-order valence-electron chi connectivity index (χ3n) is 4.55. The van der Waals surface area contributed by atoms with Crippen molar-refractivity contribution in [1.29, 1.82) is 0 Å². The van der Waals surface area contributed by atoms with Crippen LogP contribution >= 0.6 is 11.3 Å². The number of likely N-dealkylation sites (tertiary alicyclic amines) is 1. The van der Waals surface area contributed by atoms with E-state index < -0.39 is 0 Å². The van der Waals surface area contributed by atoms with Gasteiger partial charge in [-0.3, -0.25) is 9.59 Å². The number of nitrogens with one attached hydrogen (secondary N) is 1. The molecule has 132 valence electrons. The Morgan fingerprint density at radius 2 is 2.00 bits per heavy atom. The van der Waals surface area contributed by atoms with Crippen molar-refractivity contribution in [2.75, 3.05) is 25.1 Å². The Bertz CT molecular complexity index is 619. The first-order valence-electron chi connectivity index (χ1n) is 8.37. The van der Waals surface area contributed by atoms with Crippen molar-refractivity contribution in [2.24, 2.45) is 5.92 Å². The maximum atomic E-state index is 12.4. The van der Waals surface area contributed by atoms with Gasteiger partial charge in [-0.05, 0) is 33.6 Å². The molecule has 0 saturated carbocycles. The zero-order valence-corrected chi connectivity index (χ0v) is 15.2. The van der Waals surface area contributed by atoms with Gasteiger partial charge in [0.25, 0.3) is 0 Å². The number of anilines is 1. The third-order valence-corrected chi connectivity index (χ3v) is 5.55. The van der Waals surface area contributed by atoms with E-state index in [4.69, 9.17) is 4.74 Å². The van der Waals surface area contributed by atoms with Gasteiger partial charge >= 0.3 is 0 Å². The molecule has 1 aromatic rings. The van der Waals surface area contributed by atoms with E-state index in [1.807, 2.05) is 20.8 Å². The third kappa shape index (κ3) is 3.75.